The summed E-state index contributed by atoms with van der Waals surface area (Å²) in [4.78, 5) is 29.1. The van der Waals surface area contributed by atoms with Crippen molar-refractivity contribution < 1.29 is 19.1 Å². The zero-order chi connectivity index (χ0) is 21.1. The van der Waals surface area contributed by atoms with Gasteiger partial charge in [-0.1, -0.05) is 12.1 Å². The van der Waals surface area contributed by atoms with Gasteiger partial charge in [-0.2, -0.15) is 0 Å². The number of carbonyl (C=O) groups is 2. The first-order valence-corrected chi connectivity index (χ1v) is 10.1. The first kappa shape index (κ1) is 22.8. The Hall–Kier alpha value is -2.84. The van der Waals surface area contributed by atoms with Crippen molar-refractivity contribution in [2.24, 2.45) is 0 Å². The monoisotopic (exact) mass is 448 g/mol. The lowest BCUT2D eigenvalue weighted by Crippen LogP contribution is -2.57. The van der Waals surface area contributed by atoms with Crippen LogP contribution in [-0.2, 0) is 4.79 Å². The second-order valence-electron chi connectivity index (χ2n) is 7.71. The number of piperidine rings is 1. The van der Waals surface area contributed by atoms with Crippen LogP contribution in [0.5, 0.6) is 5.75 Å². The fraction of sp³-hybridized carbons (Fsp3) is 0.364. The van der Waals surface area contributed by atoms with E-state index >= 15 is 0 Å². The van der Waals surface area contributed by atoms with Crippen LogP contribution in [0.1, 0.15) is 23.2 Å². The van der Waals surface area contributed by atoms with Crippen molar-refractivity contribution in [3.05, 3.63) is 59.9 Å². The minimum Gasteiger partial charge on any atom is -0.507 e. The minimum absolute atomic E-state index is 0. The van der Waals surface area contributed by atoms with E-state index in [-0.39, 0.29) is 41.4 Å². The number of phenols is 1. The van der Waals surface area contributed by atoms with Crippen molar-refractivity contribution in [2.45, 2.75) is 18.4 Å². The molecular weight excluding hydrogens is 423 g/mol. The molecule has 2 aliphatic rings. The van der Waals surface area contributed by atoms with E-state index in [1.165, 1.54) is 18.2 Å². The Morgan fingerprint density at radius 1 is 1.13 bits per heavy atom. The highest BCUT2D eigenvalue weighted by Gasteiger charge is 2.50. The molecule has 2 aromatic rings. The normalized spacial score (nSPS) is 17.8. The summed E-state index contributed by atoms with van der Waals surface area (Å²) in [5.41, 5.74) is 0.471. The first-order valence-electron chi connectivity index (χ1n) is 10.1. The summed E-state index contributed by atoms with van der Waals surface area (Å²) in [7, 11) is 0. The molecule has 166 valence electrons. The molecule has 1 spiro atoms. The number of rotatable bonds is 5. The van der Waals surface area contributed by atoms with Crippen molar-refractivity contribution >= 4 is 29.9 Å². The maximum Gasteiger partial charge on any atom is 0.255 e. The van der Waals surface area contributed by atoms with Gasteiger partial charge in [-0.25, -0.2) is 4.39 Å². The van der Waals surface area contributed by atoms with Crippen molar-refractivity contribution in [3.8, 4) is 5.75 Å². The van der Waals surface area contributed by atoms with E-state index in [4.69, 9.17) is 0 Å². The van der Waals surface area contributed by atoms with Gasteiger partial charge in [-0.05, 0) is 49.2 Å². The summed E-state index contributed by atoms with van der Waals surface area (Å²) in [5.74, 6) is -0.631. The third-order valence-electron chi connectivity index (χ3n) is 6.02. The quantitative estimate of drug-likeness (QED) is 0.652. The number of likely N-dealkylation sites (tertiary alicyclic amines) is 1. The molecule has 0 saturated carbocycles. The zero-order valence-electron chi connectivity index (χ0n) is 17.0. The fourth-order valence-electron chi connectivity index (χ4n) is 4.28. The molecule has 9 heteroatoms. The standard InChI is InChI=1S/C22H25FN4O3.ClH/c23-16-5-7-17(8-6-16)27-15-25-21(30)22(27)9-12-26(13-10-22)14-11-24-20(29)18-3-1-2-4-19(18)28;/h1-8,28H,9-15H2,(H,24,29)(H,25,30);1H. The molecule has 0 bridgehead atoms. The highest BCUT2D eigenvalue weighted by Crippen LogP contribution is 2.36. The summed E-state index contributed by atoms with van der Waals surface area (Å²) >= 11 is 0. The number of anilines is 1. The van der Waals surface area contributed by atoms with E-state index in [1.807, 2.05) is 4.90 Å². The molecule has 2 fully saturated rings. The molecule has 7 nitrogen and oxygen atoms in total. The van der Waals surface area contributed by atoms with Crippen molar-refractivity contribution in [3.63, 3.8) is 0 Å². The topological polar surface area (TPSA) is 84.9 Å². The van der Waals surface area contributed by atoms with Crippen molar-refractivity contribution in [2.75, 3.05) is 37.7 Å². The van der Waals surface area contributed by atoms with Crippen LogP contribution >= 0.6 is 12.4 Å². The second-order valence-corrected chi connectivity index (χ2v) is 7.71. The molecule has 3 N–H and O–H groups in total. The summed E-state index contributed by atoms with van der Waals surface area (Å²) in [5, 5.41) is 15.5. The molecule has 2 heterocycles. The Balaban J connectivity index is 0.00000272. The molecular formula is C22H26ClFN4O3. The van der Waals surface area contributed by atoms with Crippen LogP contribution in [0.3, 0.4) is 0 Å². The molecule has 0 radical (unpaired) electrons. The van der Waals surface area contributed by atoms with E-state index in [1.54, 1.807) is 30.3 Å². The maximum absolute atomic E-state index is 13.3. The Labute approximate surface area is 186 Å². The van der Waals surface area contributed by atoms with Crippen molar-refractivity contribution in [1.82, 2.24) is 15.5 Å². The molecule has 0 atom stereocenters. The summed E-state index contributed by atoms with van der Waals surface area (Å²) in [6.45, 7) is 2.97. The van der Waals surface area contributed by atoms with E-state index in [0.717, 1.165) is 18.8 Å². The first-order chi connectivity index (χ1) is 14.5. The zero-order valence-corrected chi connectivity index (χ0v) is 17.8. The molecule has 0 unspecified atom stereocenters. The average Bonchev–Trinajstić information content (AvgIpc) is 3.06. The number of amides is 2. The van der Waals surface area contributed by atoms with E-state index in [0.29, 0.717) is 32.6 Å². The van der Waals surface area contributed by atoms with E-state index in [2.05, 4.69) is 15.5 Å². The fourth-order valence-corrected chi connectivity index (χ4v) is 4.28. The van der Waals surface area contributed by atoms with Gasteiger partial charge in [0.05, 0.1) is 12.2 Å². The molecule has 2 aromatic carbocycles. The van der Waals surface area contributed by atoms with Gasteiger partial charge in [-0.15, -0.1) is 12.4 Å². The van der Waals surface area contributed by atoms with E-state index in [9.17, 15) is 19.1 Å². The Morgan fingerprint density at radius 3 is 2.48 bits per heavy atom. The van der Waals surface area contributed by atoms with Crippen LogP contribution < -0.4 is 15.5 Å². The van der Waals surface area contributed by atoms with Crippen LogP contribution in [0.25, 0.3) is 0 Å². The lowest BCUT2D eigenvalue weighted by Gasteiger charge is -2.43. The predicted octanol–water partition coefficient (Wildman–Crippen LogP) is 2.11. The van der Waals surface area contributed by atoms with Crippen LogP contribution in [0.2, 0.25) is 0 Å². The molecule has 31 heavy (non-hydrogen) atoms. The number of nitrogens with zero attached hydrogens (tertiary/aromatic N) is 2. The molecule has 0 aliphatic carbocycles. The largest absolute Gasteiger partial charge is 0.507 e. The summed E-state index contributed by atoms with van der Waals surface area (Å²) < 4.78 is 13.3. The number of nitrogens with one attached hydrogen (secondary N) is 2. The number of hydrogen-bond acceptors (Lipinski definition) is 5. The highest BCUT2D eigenvalue weighted by molar-refractivity contribution is 5.96. The smallest absolute Gasteiger partial charge is 0.255 e. The number of carbonyl (C=O) groups excluding carboxylic acids is 2. The Bertz CT molecular complexity index is 933. The molecule has 2 amide bonds. The maximum atomic E-state index is 13.3. The summed E-state index contributed by atoms with van der Waals surface area (Å²) in [6.07, 6.45) is 1.31. The Kier molecular flexibility index (Phi) is 7.02. The molecule has 4 rings (SSSR count). The van der Waals surface area contributed by atoms with Crippen LogP contribution in [0, 0.1) is 5.82 Å². The lowest BCUT2D eigenvalue weighted by molar-refractivity contribution is -0.125. The molecule has 0 aromatic heterocycles. The third kappa shape index (κ3) is 4.60. The number of halogens is 2. The van der Waals surface area contributed by atoms with Gasteiger partial charge in [0.15, 0.2) is 0 Å². The molecule has 2 aliphatic heterocycles. The SMILES string of the molecule is Cl.O=C(NCCN1CCC2(CC1)C(=O)NCN2c1ccc(F)cc1)c1ccccc1O. The number of benzene rings is 2. The van der Waals surface area contributed by atoms with E-state index < -0.39 is 5.54 Å². The van der Waals surface area contributed by atoms with Gasteiger partial charge < -0.3 is 25.5 Å². The van der Waals surface area contributed by atoms with Gasteiger partial charge in [0.1, 0.15) is 17.1 Å². The number of hydrogen-bond donors (Lipinski definition) is 3. The second kappa shape index (κ2) is 9.53. The minimum atomic E-state index is -0.618. The lowest BCUT2D eigenvalue weighted by atomic mass is 9.85. The summed E-state index contributed by atoms with van der Waals surface area (Å²) in [6, 6.07) is 12.7. The van der Waals surface area contributed by atoms with Crippen molar-refractivity contribution in [1.29, 1.82) is 0 Å². The van der Waals surface area contributed by atoms with Crippen LogP contribution in [0.15, 0.2) is 48.5 Å². The predicted molar refractivity (Wildman–Crippen MR) is 118 cm³/mol. The highest BCUT2D eigenvalue weighted by atomic mass is 35.5. The van der Waals surface area contributed by atoms with Gasteiger partial charge in [-0.3, -0.25) is 9.59 Å². The number of phenolic OH excluding ortho intramolecular Hbond substituents is 1. The van der Waals surface area contributed by atoms with Gasteiger partial charge in [0.2, 0.25) is 5.91 Å². The Morgan fingerprint density at radius 2 is 1.81 bits per heavy atom. The third-order valence-corrected chi connectivity index (χ3v) is 6.02. The van der Waals surface area contributed by atoms with Gasteiger partial charge in [0, 0.05) is 31.9 Å². The number of para-hydroxylation sites is 1. The number of aromatic hydroxyl groups is 1. The average molecular weight is 449 g/mol. The van der Waals surface area contributed by atoms with Crippen LogP contribution in [0.4, 0.5) is 10.1 Å². The van der Waals surface area contributed by atoms with Crippen LogP contribution in [-0.4, -0.2) is 60.2 Å². The molecule has 2 saturated heterocycles. The van der Waals surface area contributed by atoms with Gasteiger partial charge in [0.25, 0.3) is 5.91 Å². The van der Waals surface area contributed by atoms with Gasteiger partial charge >= 0.3 is 0 Å².